The number of rotatable bonds is 5. The fourth-order valence-corrected chi connectivity index (χ4v) is 2.73. The summed E-state index contributed by atoms with van der Waals surface area (Å²) in [6.07, 6.45) is 1.67. The van der Waals surface area contributed by atoms with Crippen molar-refractivity contribution < 1.29 is 9.47 Å². The zero-order valence-electron chi connectivity index (χ0n) is 16.1. The minimum atomic E-state index is 0.497. The van der Waals surface area contributed by atoms with Crippen molar-refractivity contribution in [2.75, 3.05) is 0 Å². The van der Waals surface area contributed by atoms with Crippen LogP contribution in [0.1, 0.15) is 18.1 Å². The number of nitrogens with zero attached hydrogens (tertiary/aromatic N) is 1. The normalized spacial score (nSPS) is 12.0. The quantitative estimate of drug-likeness (QED) is 0.169. The molecular weight excluding hydrogens is 461 g/mol. The van der Waals surface area contributed by atoms with Crippen LogP contribution in [0, 0.1) is 17.4 Å². The van der Waals surface area contributed by atoms with Gasteiger partial charge in [0.25, 0.3) is 0 Å². The van der Waals surface area contributed by atoms with Gasteiger partial charge in [0.15, 0.2) is 0 Å². The first-order chi connectivity index (χ1) is 13.5. The molecular formula is C24H22INO2. The first-order valence-electron chi connectivity index (χ1n) is 8.99. The van der Waals surface area contributed by atoms with Gasteiger partial charge in [-0.25, -0.2) is 4.99 Å². The van der Waals surface area contributed by atoms with Crippen LogP contribution in [0.15, 0.2) is 89.6 Å². The van der Waals surface area contributed by atoms with E-state index in [9.17, 15) is 0 Å². The highest BCUT2D eigenvalue weighted by molar-refractivity contribution is 14.1. The highest BCUT2D eigenvalue weighted by atomic mass is 127. The largest absolute Gasteiger partial charge is 0.465 e. The van der Waals surface area contributed by atoms with Gasteiger partial charge < -0.3 is 9.47 Å². The highest BCUT2D eigenvalue weighted by Gasteiger charge is 2.08. The lowest BCUT2D eigenvalue weighted by Gasteiger charge is -2.10. The Hall–Kier alpha value is -2.60. The molecule has 3 nitrogen and oxygen atoms in total. The molecule has 0 N–H and O–H groups in total. The van der Waals surface area contributed by atoms with Crippen LogP contribution in [0.2, 0.25) is 0 Å². The van der Waals surface area contributed by atoms with Crippen molar-refractivity contribution in [3.05, 3.63) is 99.3 Å². The molecule has 0 aromatic heterocycles. The van der Waals surface area contributed by atoms with E-state index in [2.05, 4.69) is 34.5 Å². The lowest BCUT2D eigenvalue weighted by Crippen LogP contribution is -2.11. The van der Waals surface area contributed by atoms with Crippen molar-refractivity contribution in [1.29, 1.82) is 0 Å². The SMILES string of the molecule is C/C(=C\Oc1ccc(C)cc1)C(=Nc1ccc(C)cc1)Oc1ccc(I)cc1. The lowest BCUT2D eigenvalue weighted by atomic mass is 10.2. The van der Waals surface area contributed by atoms with E-state index in [1.165, 1.54) is 11.1 Å². The Morgan fingerprint density at radius 2 is 1.32 bits per heavy atom. The zero-order valence-corrected chi connectivity index (χ0v) is 18.3. The summed E-state index contributed by atoms with van der Waals surface area (Å²) in [5.74, 6) is 2.00. The minimum Gasteiger partial charge on any atom is -0.465 e. The van der Waals surface area contributed by atoms with E-state index < -0.39 is 0 Å². The fraction of sp³-hybridized carbons (Fsp3) is 0.125. The van der Waals surface area contributed by atoms with E-state index in [1.807, 2.05) is 86.6 Å². The van der Waals surface area contributed by atoms with Gasteiger partial charge in [0.1, 0.15) is 11.5 Å². The first kappa shape index (κ1) is 20.1. The molecule has 0 aliphatic carbocycles. The fourth-order valence-electron chi connectivity index (χ4n) is 2.37. The van der Waals surface area contributed by atoms with Crippen molar-refractivity contribution in [2.45, 2.75) is 20.8 Å². The third kappa shape index (κ3) is 5.96. The van der Waals surface area contributed by atoms with Crippen LogP contribution >= 0.6 is 22.6 Å². The van der Waals surface area contributed by atoms with Gasteiger partial charge in [-0.3, -0.25) is 0 Å². The average molecular weight is 483 g/mol. The van der Waals surface area contributed by atoms with Crippen molar-refractivity contribution in [3.8, 4) is 11.5 Å². The summed E-state index contributed by atoms with van der Waals surface area (Å²) < 4.78 is 13.0. The van der Waals surface area contributed by atoms with Crippen LogP contribution in [-0.2, 0) is 0 Å². The third-order valence-electron chi connectivity index (χ3n) is 4.02. The Kier molecular flexibility index (Phi) is 6.87. The van der Waals surface area contributed by atoms with Crippen LogP contribution in [0.4, 0.5) is 5.69 Å². The van der Waals surface area contributed by atoms with Gasteiger partial charge >= 0.3 is 0 Å². The molecule has 0 spiro atoms. The molecule has 0 aliphatic rings. The molecule has 0 amide bonds. The van der Waals surface area contributed by atoms with Crippen molar-refractivity contribution in [1.82, 2.24) is 0 Å². The summed E-state index contributed by atoms with van der Waals surface area (Å²) in [5.41, 5.74) is 4.00. The monoisotopic (exact) mass is 483 g/mol. The summed E-state index contributed by atoms with van der Waals surface area (Å²) >= 11 is 2.27. The van der Waals surface area contributed by atoms with Gasteiger partial charge in [-0.15, -0.1) is 0 Å². The Morgan fingerprint density at radius 1 is 0.786 bits per heavy atom. The predicted octanol–water partition coefficient (Wildman–Crippen LogP) is 7.00. The van der Waals surface area contributed by atoms with E-state index in [-0.39, 0.29) is 0 Å². The average Bonchev–Trinajstić information content (AvgIpc) is 2.70. The van der Waals surface area contributed by atoms with Gasteiger partial charge in [0.05, 0.1) is 11.9 Å². The van der Waals surface area contributed by atoms with E-state index >= 15 is 0 Å². The van der Waals surface area contributed by atoms with Gasteiger partial charge in [0.2, 0.25) is 5.90 Å². The Balaban J connectivity index is 1.87. The van der Waals surface area contributed by atoms with E-state index in [1.54, 1.807) is 6.26 Å². The standard InChI is InChI=1S/C24H22INO2/c1-17-4-10-21(11-5-17)26-24(28-23-14-8-20(25)9-15-23)19(3)16-27-22-12-6-18(2)7-13-22/h4-16H,1-3H3/b19-16+,26-24?. The molecule has 3 rings (SSSR count). The molecule has 0 unspecified atom stereocenters. The van der Waals surface area contributed by atoms with Crippen molar-refractivity contribution in [3.63, 3.8) is 0 Å². The maximum atomic E-state index is 6.07. The second kappa shape index (κ2) is 9.55. The summed E-state index contributed by atoms with van der Waals surface area (Å²) in [6.45, 7) is 6.02. The summed E-state index contributed by atoms with van der Waals surface area (Å²) in [4.78, 5) is 4.69. The number of hydrogen-bond acceptors (Lipinski definition) is 3. The molecule has 3 aromatic carbocycles. The van der Waals surface area contributed by atoms with Crippen molar-refractivity contribution >= 4 is 34.2 Å². The number of benzene rings is 3. The molecule has 0 atom stereocenters. The van der Waals surface area contributed by atoms with Crippen LogP contribution < -0.4 is 9.47 Å². The summed E-state index contributed by atoms with van der Waals surface area (Å²) in [5, 5.41) is 0. The maximum Gasteiger partial charge on any atom is 0.225 e. The molecule has 4 heteroatoms. The minimum absolute atomic E-state index is 0.497. The molecule has 0 heterocycles. The highest BCUT2D eigenvalue weighted by Crippen LogP contribution is 2.20. The lowest BCUT2D eigenvalue weighted by molar-refractivity contribution is 0.473. The molecule has 142 valence electrons. The number of ether oxygens (including phenoxy) is 2. The zero-order chi connectivity index (χ0) is 19.9. The molecule has 28 heavy (non-hydrogen) atoms. The predicted molar refractivity (Wildman–Crippen MR) is 124 cm³/mol. The first-order valence-corrected chi connectivity index (χ1v) is 10.1. The third-order valence-corrected chi connectivity index (χ3v) is 4.74. The number of halogens is 1. The van der Waals surface area contributed by atoms with E-state index in [4.69, 9.17) is 9.47 Å². The molecule has 3 aromatic rings. The second-order valence-corrected chi connectivity index (χ2v) is 7.79. The van der Waals surface area contributed by atoms with Gasteiger partial charge in [-0.2, -0.15) is 0 Å². The second-order valence-electron chi connectivity index (χ2n) is 6.54. The smallest absolute Gasteiger partial charge is 0.225 e. The Labute approximate surface area is 179 Å². The summed E-state index contributed by atoms with van der Waals surface area (Å²) in [7, 11) is 0. The van der Waals surface area contributed by atoms with E-state index in [0.717, 1.165) is 26.3 Å². The van der Waals surface area contributed by atoms with Gasteiger partial charge in [0, 0.05) is 9.14 Å². The number of hydrogen-bond donors (Lipinski definition) is 0. The molecule has 0 saturated carbocycles. The molecule has 0 radical (unpaired) electrons. The topological polar surface area (TPSA) is 30.8 Å². The van der Waals surface area contributed by atoms with Gasteiger partial charge in [-0.1, -0.05) is 35.4 Å². The van der Waals surface area contributed by atoms with Gasteiger partial charge in [-0.05, 0) is 91.9 Å². The number of aliphatic imine (C=N–C) groups is 1. The van der Waals surface area contributed by atoms with Crippen molar-refractivity contribution in [2.24, 2.45) is 4.99 Å². The maximum absolute atomic E-state index is 6.07. The molecule has 0 saturated heterocycles. The Bertz CT molecular complexity index is 973. The molecule has 0 fully saturated rings. The summed E-state index contributed by atoms with van der Waals surface area (Å²) in [6, 6.07) is 23.8. The molecule has 0 aliphatic heterocycles. The van der Waals surface area contributed by atoms with Crippen LogP contribution in [-0.4, -0.2) is 5.90 Å². The number of aryl methyl sites for hydroxylation is 2. The van der Waals surface area contributed by atoms with E-state index in [0.29, 0.717) is 5.90 Å². The van der Waals surface area contributed by atoms with Crippen LogP contribution in [0.25, 0.3) is 0 Å². The van der Waals surface area contributed by atoms with Crippen LogP contribution in [0.3, 0.4) is 0 Å². The van der Waals surface area contributed by atoms with Crippen LogP contribution in [0.5, 0.6) is 11.5 Å². The Morgan fingerprint density at radius 3 is 1.93 bits per heavy atom. The molecule has 0 bridgehead atoms.